The maximum Gasteiger partial charge on any atom is 0.350 e. The lowest BCUT2D eigenvalue weighted by Gasteiger charge is -2.07. The molecule has 1 aromatic carbocycles. The zero-order valence-corrected chi connectivity index (χ0v) is 14.9. The third-order valence-corrected chi connectivity index (χ3v) is 4.53. The highest BCUT2D eigenvalue weighted by atomic mass is 32.2. The molecule has 0 aliphatic rings. The fourth-order valence-corrected chi connectivity index (χ4v) is 3.26. The number of nitrogens with zero attached hydrogens (tertiary/aromatic N) is 4. The molecule has 0 radical (unpaired) electrons. The Morgan fingerprint density at radius 1 is 1.17 bits per heavy atom. The van der Waals surface area contributed by atoms with Crippen molar-refractivity contribution in [2.24, 2.45) is 7.05 Å². The van der Waals surface area contributed by atoms with Gasteiger partial charge in [0.25, 0.3) is 0 Å². The van der Waals surface area contributed by atoms with E-state index in [2.05, 4.69) is 4.98 Å². The standard InChI is InChI=1S/C18H20N4OS/c1-4-12-22-16-15(17(24-3)20-18(22)23)21(2)14(19-16)11-10-13-8-6-5-7-9-13/h5-11H,4,12H2,1-3H3/b11-10+. The molecule has 0 aliphatic carbocycles. The minimum absolute atomic E-state index is 0.231. The van der Waals surface area contributed by atoms with Gasteiger partial charge in [-0.25, -0.2) is 9.78 Å². The van der Waals surface area contributed by atoms with Crippen LogP contribution in [-0.2, 0) is 13.6 Å². The van der Waals surface area contributed by atoms with Crippen LogP contribution in [0.3, 0.4) is 0 Å². The summed E-state index contributed by atoms with van der Waals surface area (Å²) in [5, 5.41) is 0.719. The monoisotopic (exact) mass is 340 g/mol. The molecule has 0 N–H and O–H groups in total. The highest BCUT2D eigenvalue weighted by molar-refractivity contribution is 7.98. The van der Waals surface area contributed by atoms with Crippen LogP contribution in [0.2, 0.25) is 0 Å². The number of hydrogen-bond acceptors (Lipinski definition) is 4. The second-order valence-electron chi connectivity index (χ2n) is 5.50. The van der Waals surface area contributed by atoms with Crippen LogP contribution in [0.4, 0.5) is 0 Å². The predicted molar refractivity (Wildman–Crippen MR) is 100 cm³/mol. The average Bonchev–Trinajstić information content (AvgIpc) is 2.93. The van der Waals surface area contributed by atoms with E-state index in [0.29, 0.717) is 12.2 Å². The number of aromatic nitrogens is 4. The number of fused-ring (bicyclic) bond motifs is 1. The van der Waals surface area contributed by atoms with E-state index in [-0.39, 0.29) is 5.69 Å². The second kappa shape index (κ2) is 7.05. The van der Waals surface area contributed by atoms with Gasteiger partial charge in [-0.3, -0.25) is 4.57 Å². The minimum Gasteiger partial charge on any atom is -0.324 e. The van der Waals surface area contributed by atoms with E-state index >= 15 is 0 Å². The first-order valence-corrected chi connectivity index (χ1v) is 9.12. The molecule has 124 valence electrons. The van der Waals surface area contributed by atoms with Crippen LogP contribution in [-0.4, -0.2) is 25.4 Å². The summed E-state index contributed by atoms with van der Waals surface area (Å²) in [7, 11) is 1.96. The van der Waals surface area contributed by atoms with E-state index in [1.165, 1.54) is 11.8 Å². The van der Waals surface area contributed by atoms with Gasteiger partial charge in [-0.05, 0) is 24.3 Å². The van der Waals surface area contributed by atoms with Gasteiger partial charge in [0.05, 0.1) is 0 Å². The summed E-state index contributed by atoms with van der Waals surface area (Å²) in [6.45, 7) is 2.66. The predicted octanol–water partition coefficient (Wildman–Crippen LogP) is 3.43. The van der Waals surface area contributed by atoms with Crippen LogP contribution in [0.1, 0.15) is 24.7 Å². The van der Waals surface area contributed by atoms with Crippen molar-refractivity contribution in [1.82, 2.24) is 19.1 Å². The van der Waals surface area contributed by atoms with E-state index in [4.69, 9.17) is 4.98 Å². The van der Waals surface area contributed by atoms with Gasteiger partial charge in [0.15, 0.2) is 5.65 Å². The molecule has 0 aliphatic heterocycles. The molecule has 5 nitrogen and oxygen atoms in total. The molecule has 0 unspecified atom stereocenters. The average molecular weight is 340 g/mol. The fourth-order valence-electron chi connectivity index (χ4n) is 2.67. The second-order valence-corrected chi connectivity index (χ2v) is 6.30. The van der Waals surface area contributed by atoms with Gasteiger partial charge in [0, 0.05) is 13.6 Å². The van der Waals surface area contributed by atoms with E-state index < -0.39 is 0 Å². The summed E-state index contributed by atoms with van der Waals surface area (Å²) in [6, 6.07) is 10.1. The number of hydrogen-bond donors (Lipinski definition) is 0. The number of benzene rings is 1. The van der Waals surface area contributed by atoms with Gasteiger partial charge >= 0.3 is 5.69 Å². The van der Waals surface area contributed by atoms with Crippen molar-refractivity contribution in [3.63, 3.8) is 0 Å². The Bertz CT molecular complexity index is 941. The summed E-state index contributed by atoms with van der Waals surface area (Å²) < 4.78 is 3.66. The van der Waals surface area contributed by atoms with Crippen molar-refractivity contribution in [2.75, 3.05) is 6.26 Å². The number of imidazole rings is 1. The van der Waals surface area contributed by atoms with Crippen molar-refractivity contribution >= 4 is 35.1 Å². The lowest BCUT2D eigenvalue weighted by Crippen LogP contribution is -2.24. The van der Waals surface area contributed by atoms with Crippen LogP contribution in [0, 0.1) is 0 Å². The first-order chi connectivity index (χ1) is 11.7. The number of rotatable bonds is 5. The van der Waals surface area contributed by atoms with Gasteiger partial charge in [0.1, 0.15) is 16.4 Å². The molecule has 0 saturated heterocycles. The molecule has 6 heteroatoms. The summed E-state index contributed by atoms with van der Waals surface area (Å²) in [5.41, 5.74) is 2.49. The SMILES string of the molecule is CCCn1c(=O)nc(SC)c2c1nc(/C=C/c1ccccc1)n2C. The molecule has 0 bridgehead atoms. The largest absolute Gasteiger partial charge is 0.350 e. The maximum absolute atomic E-state index is 12.3. The highest BCUT2D eigenvalue weighted by Crippen LogP contribution is 2.24. The van der Waals surface area contributed by atoms with Crippen molar-refractivity contribution in [3.05, 3.63) is 52.2 Å². The molecule has 24 heavy (non-hydrogen) atoms. The zero-order chi connectivity index (χ0) is 17.1. The third-order valence-electron chi connectivity index (χ3n) is 3.86. The van der Waals surface area contributed by atoms with Crippen molar-refractivity contribution in [1.29, 1.82) is 0 Å². The lowest BCUT2D eigenvalue weighted by molar-refractivity contribution is 0.647. The third kappa shape index (κ3) is 3.01. The smallest absolute Gasteiger partial charge is 0.324 e. The molecule has 3 rings (SSSR count). The van der Waals surface area contributed by atoms with Crippen LogP contribution < -0.4 is 5.69 Å². The van der Waals surface area contributed by atoms with Crippen LogP contribution in [0.25, 0.3) is 23.3 Å². The number of thioether (sulfide) groups is 1. The Morgan fingerprint density at radius 3 is 2.58 bits per heavy atom. The quantitative estimate of drug-likeness (QED) is 0.527. The Morgan fingerprint density at radius 2 is 1.92 bits per heavy atom. The molecule has 2 heterocycles. The molecule has 0 amide bonds. The van der Waals surface area contributed by atoms with Gasteiger partial charge < -0.3 is 4.57 Å². The molecular weight excluding hydrogens is 320 g/mol. The van der Waals surface area contributed by atoms with Crippen molar-refractivity contribution in [2.45, 2.75) is 24.9 Å². The Labute approximate surface area is 145 Å². The van der Waals surface area contributed by atoms with Crippen LogP contribution in [0.15, 0.2) is 40.2 Å². The minimum atomic E-state index is -0.231. The topological polar surface area (TPSA) is 52.7 Å². The Kier molecular flexibility index (Phi) is 4.85. The van der Waals surface area contributed by atoms with Gasteiger partial charge in [-0.15, -0.1) is 11.8 Å². The molecular formula is C18H20N4OS. The first-order valence-electron chi connectivity index (χ1n) is 7.90. The molecule has 3 aromatic rings. The van der Waals surface area contributed by atoms with E-state index in [9.17, 15) is 4.79 Å². The Hall–Kier alpha value is -2.34. The number of aryl methyl sites for hydroxylation is 2. The molecule has 0 spiro atoms. The molecule has 0 saturated carbocycles. The lowest BCUT2D eigenvalue weighted by atomic mass is 10.2. The normalized spacial score (nSPS) is 11.6. The summed E-state index contributed by atoms with van der Waals surface area (Å²) in [6.07, 6.45) is 6.79. The Balaban J connectivity index is 2.17. The van der Waals surface area contributed by atoms with Gasteiger partial charge in [-0.1, -0.05) is 43.3 Å². The van der Waals surface area contributed by atoms with E-state index in [0.717, 1.165) is 28.4 Å². The van der Waals surface area contributed by atoms with Crippen LogP contribution in [0.5, 0.6) is 0 Å². The van der Waals surface area contributed by atoms with E-state index in [1.54, 1.807) is 4.57 Å². The zero-order valence-electron chi connectivity index (χ0n) is 14.1. The first kappa shape index (κ1) is 16.5. The van der Waals surface area contributed by atoms with Crippen LogP contribution >= 0.6 is 11.8 Å². The van der Waals surface area contributed by atoms with Gasteiger partial charge in [0.2, 0.25) is 0 Å². The summed E-state index contributed by atoms with van der Waals surface area (Å²) >= 11 is 1.47. The van der Waals surface area contributed by atoms with Crippen molar-refractivity contribution < 1.29 is 0 Å². The van der Waals surface area contributed by atoms with Crippen molar-refractivity contribution in [3.8, 4) is 0 Å². The fraction of sp³-hybridized carbons (Fsp3) is 0.278. The maximum atomic E-state index is 12.3. The van der Waals surface area contributed by atoms with E-state index in [1.807, 2.05) is 67.3 Å². The summed E-state index contributed by atoms with van der Waals surface area (Å²) in [4.78, 5) is 21.2. The summed E-state index contributed by atoms with van der Waals surface area (Å²) in [5.74, 6) is 0.807. The molecule has 0 fully saturated rings. The molecule has 2 aromatic heterocycles. The van der Waals surface area contributed by atoms with Gasteiger partial charge in [-0.2, -0.15) is 4.98 Å². The molecule has 0 atom stereocenters. The highest BCUT2D eigenvalue weighted by Gasteiger charge is 2.16.